The van der Waals surface area contributed by atoms with Crippen molar-refractivity contribution in [2.45, 2.75) is 71.3 Å². The summed E-state index contributed by atoms with van der Waals surface area (Å²) in [5.41, 5.74) is 3.79. The Kier molecular flexibility index (Phi) is 8.87. The molecule has 1 aromatic rings. The molecule has 3 atom stereocenters. The van der Waals surface area contributed by atoms with Crippen molar-refractivity contribution in [1.82, 2.24) is 15.8 Å². The van der Waals surface area contributed by atoms with E-state index in [1.165, 1.54) is 5.01 Å². The number of hydrogen-bond acceptors (Lipinski definition) is 4. The highest BCUT2D eigenvalue weighted by atomic mass is 28.3. The zero-order chi connectivity index (χ0) is 22.3. The molecule has 1 aliphatic heterocycles. The van der Waals surface area contributed by atoms with Crippen LogP contribution in [0.1, 0.15) is 32.8 Å². The summed E-state index contributed by atoms with van der Waals surface area (Å²) < 4.78 is 12.4. The molecule has 0 aromatic heterocycles. The van der Waals surface area contributed by atoms with Crippen molar-refractivity contribution in [2.75, 3.05) is 13.2 Å². The maximum absolute atomic E-state index is 12.7. The van der Waals surface area contributed by atoms with Crippen LogP contribution in [-0.4, -0.2) is 56.2 Å². The number of hydrazine groups is 1. The standard InChI is InChI=1S/C22H37N3O4Si/c1-7-28-22(30(4,5)6)29-19-15-25(20(26)13-16(2)3)24-21(27)23-18(19)14-17-11-9-8-10-12-17/h8-12,16,18-19,22H,7,13-15H2,1-6H3,(H2,23,24,27)/t18-,19-,22?/m1/s1. The van der Waals surface area contributed by atoms with Crippen molar-refractivity contribution >= 4 is 20.0 Å². The summed E-state index contributed by atoms with van der Waals surface area (Å²) in [5.74, 6) is -0.249. The molecular weight excluding hydrogens is 398 g/mol. The topological polar surface area (TPSA) is 79.9 Å². The van der Waals surface area contributed by atoms with Gasteiger partial charge in [-0.25, -0.2) is 15.2 Å². The maximum atomic E-state index is 12.7. The van der Waals surface area contributed by atoms with Crippen LogP contribution in [0.15, 0.2) is 30.3 Å². The van der Waals surface area contributed by atoms with E-state index >= 15 is 0 Å². The molecule has 1 unspecified atom stereocenters. The number of amides is 3. The number of rotatable bonds is 9. The minimum absolute atomic E-state index is 0.116. The molecule has 7 nitrogen and oxygen atoms in total. The minimum Gasteiger partial charge on any atom is -0.357 e. The lowest BCUT2D eigenvalue weighted by Gasteiger charge is -2.35. The smallest absolute Gasteiger partial charge is 0.333 e. The molecule has 1 aromatic carbocycles. The molecule has 1 fully saturated rings. The van der Waals surface area contributed by atoms with Crippen molar-refractivity contribution in [1.29, 1.82) is 0 Å². The highest BCUT2D eigenvalue weighted by Crippen LogP contribution is 2.20. The Morgan fingerprint density at radius 3 is 2.47 bits per heavy atom. The Hall–Kier alpha value is -1.90. The van der Waals surface area contributed by atoms with Crippen molar-refractivity contribution in [3.63, 3.8) is 0 Å². The van der Waals surface area contributed by atoms with E-state index in [2.05, 4.69) is 30.4 Å². The number of ether oxygens (including phenoxy) is 2. The summed E-state index contributed by atoms with van der Waals surface area (Å²) in [5, 5.41) is 4.41. The van der Waals surface area contributed by atoms with Gasteiger partial charge in [0.05, 0.1) is 12.6 Å². The van der Waals surface area contributed by atoms with Gasteiger partial charge in [0, 0.05) is 13.0 Å². The molecule has 3 amide bonds. The van der Waals surface area contributed by atoms with E-state index in [0.717, 1.165) is 5.56 Å². The first kappa shape index (κ1) is 24.4. The second kappa shape index (κ2) is 10.9. The average Bonchev–Trinajstić information content (AvgIpc) is 2.80. The molecule has 0 spiro atoms. The van der Waals surface area contributed by atoms with Gasteiger partial charge in [0.2, 0.25) is 5.91 Å². The fraction of sp³-hybridized carbons (Fsp3) is 0.636. The van der Waals surface area contributed by atoms with E-state index in [-0.39, 0.29) is 36.4 Å². The molecule has 0 bridgehead atoms. The summed E-state index contributed by atoms with van der Waals surface area (Å²) >= 11 is 0. The Bertz CT molecular complexity index is 693. The number of carbonyl (C=O) groups is 2. The average molecular weight is 436 g/mol. The van der Waals surface area contributed by atoms with Crippen LogP contribution >= 0.6 is 0 Å². The number of urea groups is 1. The normalized spacial score (nSPS) is 21.0. The van der Waals surface area contributed by atoms with Crippen molar-refractivity contribution in [3.05, 3.63) is 35.9 Å². The van der Waals surface area contributed by atoms with Gasteiger partial charge in [-0.15, -0.1) is 0 Å². The van der Waals surface area contributed by atoms with Crippen LogP contribution in [0, 0.1) is 5.92 Å². The first-order valence-electron chi connectivity index (χ1n) is 10.8. The van der Waals surface area contributed by atoms with Gasteiger partial charge in [-0.05, 0) is 24.8 Å². The van der Waals surface area contributed by atoms with E-state index in [4.69, 9.17) is 9.47 Å². The molecule has 30 heavy (non-hydrogen) atoms. The molecule has 1 heterocycles. The van der Waals surface area contributed by atoms with Gasteiger partial charge in [0.15, 0.2) is 0 Å². The lowest BCUT2D eigenvalue weighted by atomic mass is 10.0. The van der Waals surface area contributed by atoms with E-state index in [1.807, 2.05) is 51.1 Å². The quantitative estimate of drug-likeness (QED) is 0.461. The first-order valence-corrected chi connectivity index (χ1v) is 14.4. The third-order valence-corrected chi connectivity index (χ3v) is 6.59. The number of nitrogens with one attached hydrogen (secondary N) is 2. The predicted octanol–water partition coefficient (Wildman–Crippen LogP) is 3.33. The van der Waals surface area contributed by atoms with Crippen LogP contribution in [0.5, 0.6) is 0 Å². The van der Waals surface area contributed by atoms with Crippen LogP contribution in [0.25, 0.3) is 0 Å². The molecule has 2 rings (SSSR count). The number of carbonyl (C=O) groups excluding carboxylic acids is 2. The first-order chi connectivity index (χ1) is 14.1. The zero-order valence-corrected chi connectivity index (χ0v) is 20.1. The Labute approximate surface area is 181 Å². The molecule has 0 aliphatic carbocycles. The van der Waals surface area contributed by atoms with Crippen LogP contribution < -0.4 is 10.7 Å². The van der Waals surface area contributed by atoms with E-state index < -0.39 is 14.2 Å². The molecule has 1 aliphatic rings. The van der Waals surface area contributed by atoms with Gasteiger partial charge in [-0.1, -0.05) is 63.8 Å². The fourth-order valence-electron chi connectivity index (χ4n) is 3.38. The Balaban J connectivity index is 2.29. The minimum atomic E-state index is -1.80. The van der Waals surface area contributed by atoms with Gasteiger partial charge in [0.1, 0.15) is 20.1 Å². The second-order valence-electron chi connectivity index (χ2n) is 9.31. The van der Waals surface area contributed by atoms with Crippen molar-refractivity contribution < 1.29 is 19.1 Å². The molecule has 168 valence electrons. The van der Waals surface area contributed by atoms with Gasteiger partial charge in [-0.2, -0.15) is 0 Å². The number of nitrogens with zero attached hydrogens (tertiary/aromatic N) is 1. The highest BCUT2D eigenvalue weighted by molar-refractivity contribution is 6.77. The fourth-order valence-corrected chi connectivity index (χ4v) is 4.63. The van der Waals surface area contributed by atoms with Gasteiger partial charge >= 0.3 is 6.03 Å². The van der Waals surface area contributed by atoms with Gasteiger partial charge in [-0.3, -0.25) is 4.79 Å². The monoisotopic (exact) mass is 435 g/mol. The SMILES string of the molecule is CCOC(O[C@@H]1CN(C(=O)CC(C)C)NC(=O)N[C@@H]1Cc1ccccc1)[Si](C)(C)C. The van der Waals surface area contributed by atoms with Crippen LogP contribution in [0.3, 0.4) is 0 Å². The summed E-state index contributed by atoms with van der Waals surface area (Å²) in [6.45, 7) is 13.3. The van der Waals surface area contributed by atoms with Crippen molar-refractivity contribution in [2.24, 2.45) is 5.92 Å². The summed E-state index contributed by atoms with van der Waals surface area (Å²) in [6, 6.07) is 9.30. The van der Waals surface area contributed by atoms with E-state index in [1.54, 1.807) is 0 Å². The third kappa shape index (κ3) is 7.41. The predicted molar refractivity (Wildman–Crippen MR) is 120 cm³/mol. The summed E-state index contributed by atoms with van der Waals surface area (Å²) in [6.07, 6.45) is 0.568. The lowest BCUT2D eigenvalue weighted by molar-refractivity contribution is -0.149. The van der Waals surface area contributed by atoms with Crippen LogP contribution in [-0.2, 0) is 20.7 Å². The van der Waals surface area contributed by atoms with Crippen LogP contribution in [0.4, 0.5) is 4.79 Å². The second-order valence-corrected chi connectivity index (χ2v) is 14.5. The largest absolute Gasteiger partial charge is 0.357 e. The Morgan fingerprint density at radius 2 is 1.90 bits per heavy atom. The molecule has 2 N–H and O–H groups in total. The molecule has 1 saturated heterocycles. The highest BCUT2D eigenvalue weighted by Gasteiger charge is 2.38. The molecular formula is C22H37N3O4Si. The maximum Gasteiger partial charge on any atom is 0.333 e. The van der Waals surface area contributed by atoms with Crippen molar-refractivity contribution in [3.8, 4) is 0 Å². The summed E-state index contributed by atoms with van der Waals surface area (Å²) in [4.78, 5) is 25.3. The van der Waals surface area contributed by atoms with Crippen LogP contribution in [0.2, 0.25) is 19.6 Å². The number of hydrogen-bond donors (Lipinski definition) is 2. The van der Waals surface area contributed by atoms with Gasteiger partial charge in [0.25, 0.3) is 0 Å². The molecule has 0 radical (unpaired) electrons. The summed E-state index contributed by atoms with van der Waals surface area (Å²) in [7, 11) is -1.80. The zero-order valence-electron chi connectivity index (χ0n) is 19.1. The molecule has 0 saturated carbocycles. The van der Waals surface area contributed by atoms with E-state index in [9.17, 15) is 9.59 Å². The number of benzene rings is 1. The lowest BCUT2D eigenvalue weighted by Crippen LogP contribution is -2.52. The Morgan fingerprint density at radius 1 is 1.23 bits per heavy atom. The third-order valence-electron chi connectivity index (χ3n) is 4.87. The molecule has 8 heteroatoms. The van der Waals surface area contributed by atoms with E-state index in [0.29, 0.717) is 19.4 Å². The van der Waals surface area contributed by atoms with Gasteiger partial charge < -0.3 is 14.8 Å².